The van der Waals surface area contributed by atoms with E-state index in [-0.39, 0.29) is 16.7 Å². The van der Waals surface area contributed by atoms with Crippen molar-refractivity contribution in [2.24, 2.45) is 0 Å². The van der Waals surface area contributed by atoms with E-state index in [1.165, 1.54) is 23.1 Å². The van der Waals surface area contributed by atoms with Crippen LogP contribution in [0.25, 0.3) is 11.1 Å². The summed E-state index contributed by atoms with van der Waals surface area (Å²) < 4.78 is 0. The smallest absolute Gasteiger partial charge is 0.339 e. The average Bonchev–Trinajstić information content (AvgIpc) is 3.26. The monoisotopic (exact) mass is 415 g/mol. The van der Waals surface area contributed by atoms with Crippen molar-refractivity contribution >= 4 is 51.6 Å². The molecule has 1 atom stereocenters. The molecule has 2 N–H and O–H groups in total. The van der Waals surface area contributed by atoms with Crippen molar-refractivity contribution in [2.75, 3.05) is 5.32 Å². The molecule has 0 aliphatic carbocycles. The van der Waals surface area contributed by atoms with Crippen LogP contribution in [0.4, 0.5) is 5.00 Å². The van der Waals surface area contributed by atoms with Gasteiger partial charge in [0.25, 0.3) is 0 Å². The normalized spacial score (nSPS) is 15.4. The lowest BCUT2D eigenvalue weighted by Crippen LogP contribution is -2.25. The Balaban J connectivity index is 1.58. The zero-order valence-corrected chi connectivity index (χ0v) is 16.3. The molecule has 0 saturated carbocycles. The van der Waals surface area contributed by atoms with Gasteiger partial charge in [0.1, 0.15) is 10.6 Å². The molecule has 136 valence electrons. The second-order valence-electron chi connectivity index (χ2n) is 6.07. The Morgan fingerprint density at radius 1 is 1.11 bits per heavy atom. The fourth-order valence-electron chi connectivity index (χ4n) is 3.02. The van der Waals surface area contributed by atoms with E-state index in [0.29, 0.717) is 22.0 Å². The summed E-state index contributed by atoms with van der Waals surface area (Å²) in [4.78, 5) is 25.7. The largest absolute Gasteiger partial charge is 0.478 e. The van der Waals surface area contributed by atoms with Crippen molar-refractivity contribution in [1.82, 2.24) is 0 Å². The predicted molar refractivity (Wildman–Crippen MR) is 110 cm³/mol. The summed E-state index contributed by atoms with van der Waals surface area (Å²) >= 11 is 8.65. The zero-order valence-electron chi connectivity index (χ0n) is 13.9. The van der Waals surface area contributed by atoms with E-state index in [0.717, 1.165) is 16.0 Å². The van der Waals surface area contributed by atoms with Crippen LogP contribution in [0, 0.1) is 0 Å². The number of thiophene rings is 1. The molecule has 4 nitrogen and oxygen atoms in total. The number of hydrogen-bond acceptors (Lipinski definition) is 4. The van der Waals surface area contributed by atoms with Crippen LogP contribution < -0.4 is 5.32 Å². The van der Waals surface area contributed by atoms with Gasteiger partial charge >= 0.3 is 5.97 Å². The number of nitrogens with one attached hydrogen (secondary N) is 1. The molecular weight excluding hydrogens is 402 g/mol. The molecule has 4 rings (SSSR count). The number of thioether (sulfide) groups is 1. The number of carboxylic acid groups (broad SMARTS) is 1. The molecule has 0 spiro atoms. The number of carbonyl (C=O) groups excluding carboxylic acids is 1. The maximum atomic E-state index is 12.7. The van der Waals surface area contributed by atoms with Crippen molar-refractivity contribution in [3.05, 3.63) is 70.1 Å². The van der Waals surface area contributed by atoms with Crippen LogP contribution in [0.1, 0.15) is 15.9 Å². The standard InChI is InChI=1S/C20H14ClNO3S2/c21-13-7-5-11(6-8-13)14-10-26-19(17(14)20(24)25)22-18(23)16-9-12-3-1-2-4-15(12)27-16/h1-8,10,16H,9H2,(H,22,23)(H,24,25). The predicted octanol–water partition coefficient (Wildman–Crippen LogP) is 5.42. The van der Waals surface area contributed by atoms with Gasteiger partial charge in [-0.15, -0.1) is 23.1 Å². The Labute approximate surface area is 169 Å². The van der Waals surface area contributed by atoms with Gasteiger partial charge in [0.15, 0.2) is 0 Å². The topological polar surface area (TPSA) is 66.4 Å². The molecule has 27 heavy (non-hydrogen) atoms. The van der Waals surface area contributed by atoms with Crippen molar-refractivity contribution in [3.63, 3.8) is 0 Å². The number of halogens is 1. The molecular formula is C20H14ClNO3S2. The number of rotatable bonds is 4. The highest BCUT2D eigenvalue weighted by Gasteiger charge is 2.30. The SMILES string of the molecule is O=C(O)c1c(-c2ccc(Cl)cc2)csc1NC(=O)C1Cc2ccccc2S1. The zero-order chi connectivity index (χ0) is 19.0. The third kappa shape index (κ3) is 3.60. The summed E-state index contributed by atoms with van der Waals surface area (Å²) in [5, 5.41) is 14.9. The van der Waals surface area contributed by atoms with Gasteiger partial charge in [-0.3, -0.25) is 4.79 Å². The molecule has 2 aromatic carbocycles. The minimum absolute atomic E-state index is 0.108. The van der Waals surface area contributed by atoms with Gasteiger partial charge in [0, 0.05) is 20.9 Å². The summed E-state index contributed by atoms with van der Waals surface area (Å²) in [5.41, 5.74) is 2.57. The van der Waals surface area contributed by atoms with Gasteiger partial charge < -0.3 is 10.4 Å². The molecule has 0 fully saturated rings. The first-order chi connectivity index (χ1) is 13.0. The van der Waals surface area contributed by atoms with Gasteiger partial charge in [-0.1, -0.05) is 41.9 Å². The Bertz CT molecular complexity index is 1000. The summed E-state index contributed by atoms with van der Waals surface area (Å²) in [6.45, 7) is 0. The van der Waals surface area contributed by atoms with Crippen LogP contribution in [0.2, 0.25) is 5.02 Å². The molecule has 1 aliphatic heterocycles. The van der Waals surface area contributed by atoms with Gasteiger partial charge in [0.05, 0.1) is 5.25 Å². The lowest BCUT2D eigenvalue weighted by molar-refractivity contribution is -0.115. The van der Waals surface area contributed by atoms with E-state index >= 15 is 0 Å². The Morgan fingerprint density at radius 2 is 1.85 bits per heavy atom. The Hall–Kier alpha value is -2.28. The Morgan fingerprint density at radius 3 is 2.56 bits per heavy atom. The van der Waals surface area contributed by atoms with Gasteiger partial charge in [0.2, 0.25) is 5.91 Å². The van der Waals surface area contributed by atoms with Crippen LogP contribution in [0.5, 0.6) is 0 Å². The second kappa shape index (κ2) is 7.38. The minimum Gasteiger partial charge on any atom is -0.478 e. The number of amides is 1. The van der Waals surface area contributed by atoms with Crippen molar-refractivity contribution < 1.29 is 14.7 Å². The van der Waals surface area contributed by atoms with Crippen LogP contribution in [-0.4, -0.2) is 22.2 Å². The number of carbonyl (C=O) groups is 2. The fourth-order valence-corrected chi connectivity index (χ4v) is 5.31. The van der Waals surface area contributed by atoms with E-state index in [2.05, 4.69) is 5.32 Å². The maximum Gasteiger partial charge on any atom is 0.339 e. The van der Waals surface area contributed by atoms with Crippen LogP contribution >= 0.6 is 34.7 Å². The third-order valence-corrected chi connectivity index (χ3v) is 6.80. The van der Waals surface area contributed by atoms with Gasteiger partial charge in [-0.25, -0.2) is 4.79 Å². The number of hydrogen-bond donors (Lipinski definition) is 2. The molecule has 1 aromatic heterocycles. The highest BCUT2D eigenvalue weighted by atomic mass is 35.5. The van der Waals surface area contributed by atoms with E-state index in [9.17, 15) is 14.7 Å². The van der Waals surface area contributed by atoms with Gasteiger partial charge in [-0.2, -0.15) is 0 Å². The van der Waals surface area contributed by atoms with Crippen molar-refractivity contribution in [1.29, 1.82) is 0 Å². The number of carboxylic acids is 1. The molecule has 0 radical (unpaired) electrons. The van der Waals surface area contributed by atoms with Crippen LogP contribution in [-0.2, 0) is 11.2 Å². The first-order valence-corrected chi connectivity index (χ1v) is 10.3. The molecule has 0 saturated heterocycles. The lowest BCUT2D eigenvalue weighted by atomic mass is 10.0. The molecule has 7 heteroatoms. The van der Waals surface area contributed by atoms with E-state index < -0.39 is 5.97 Å². The summed E-state index contributed by atoms with van der Waals surface area (Å²) in [6.07, 6.45) is 0.643. The first-order valence-electron chi connectivity index (χ1n) is 8.19. The summed E-state index contributed by atoms with van der Waals surface area (Å²) in [7, 11) is 0. The second-order valence-corrected chi connectivity index (χ2v) is 8.63. The highest BCUT2D eigenvalue weighted by molar-refractivity contribution is 8.01. The quantitative estimate of drug-likeness (QED) is 0.596. The number of anilines is 1. The third-order valence-electron chi connectivity index (χ3n) is 4.34. The van der Waals surface area contributed by atoms with Gasteiger partial charge in [-0.05, 0) is 35.7 Å². The minimum atomic E-state index is -1.07. The van der Waals surface area contributed by atoms with Crippen LogP contribution in [0.15, 0.2) is 58.8 Å². The number of benzene rings is 2. The molecule has 1 unspecified atom stereocenters. The maximum absolute atomic E-state index is 12.7. The number of fused-ring (bicyclic) bond motifs is 1. The van der Waals surface area contributed by atoms with Crippen molar-refractivity contribution in [2.45, 2.75) is 16.6 Å². The molecule has 1 aliphatic rings. The lowest BCUT2D eigenvalue weighted by Gasteiger charge is -2.10. The fraction of sp³-hybridized carbons (Fsp3) is 0.100. The van der Waals surface area contributed by atoms with Crippen LogP contribution in [0.3, 0.4) is 0 Å². The average molecular weight is 416 g/mol. The van der Waals surface area contributed by atoms with E-state index in [4.69, 9.17) is 11.6 Å². The number of aromatic carboxylic acids is 1. The molecule has 0 bridgehead atoms. The Kier molecular flexibility index (Phi) is 4.95. The summed E-state index contributed by atoms with van der Waals surface area (Å²) in [6, 6.07) is 14.9. The van der Waals surface area contributed by atoms with E-state index in [1.54, 1.807) is 29.6 Å². The van der Waals surface area contributed by atoms with E-state index in [1.807, 2.05) is 24.3 Å². The first kappa shape index (κ1) is 18.1. The summed E-state index contributed by atoms with van der Waals surface area (Å²) in [5.74, 6) is -1.25. The molecule has 1 amide bonds. The van der Waals surface area contributed by atoms with Crippen molar-refractivity contribution in [3.8, 4) is 11.1 Å². The molecule has 2 heterocycles. The molecule has 3 aromatic rings. The highest BCUT2D eigenvalue weighted by Crippen LogP contribution is 2.39.